The third kappa shape index (κ3) is 4.68. The summed E-state index contributed by atoms with van der Waals surface area (Å²) in [5, 5.41) is 0.435. The minimum atomic E-state index is -4.86. The highest BCUT2D eigenvalue weighted by Crippen LogP contribution is 2.17. The van der Waals surface area contributed by atoms with Crippen LogP contribution in [0.5, 0.6) is 0 Å². The summed E-state index contributed by atoms with van der Waals surface area (Å²) in [5.41, 5.74) is 4.31. The van der Waals surface area contributed by atoms with Crippen LogP contribution in [0.25, 0.3) is 0 Å². The van der Waals surface area contributed by atoms with Crippen molar-refractivity contribution in [1.29, 1.82) is 0 Å². The van der Waals surface area contributed by atoms with Crippen LogP contribution in [0.1, 0.15) is 23.9 Å². The normalized spacial score (nSPS) is 18.2. The lowest BCUT2D eigenvalue weighted by atomic mass is 10.1. The van der Waals surface area contributed by atoms with Gasteiger partial charge in [0.05, 0.1) is 12.8 Å². The molecule has 2 rings (SSSR count). The first kappa shape index (κ1) is 18.7. The van der Waals surface area contributed by atoms with Gasteiger partial charge in [0.1, 0.15) is 6.04 Å². The number of hydroxylamine groups is 2. The van der Waals surface area contributed by atoms with Crippen molar-refractivity contribution in [3.8, 4) is 0 Å². The number of furan rings is 1. The average molecular weight is 376 g/mol. The molecular formula is C12H16N4O8S. The molecule has 4 amide bonds. The number of likely N-dealkylation sites (N-methyl/N-ethyl adjacent to an activating group) is 1. The smallest absolute Gasteiger partial charge is 0.418 e. The maximum atomic E-state index is 12.2. The maximum absolute atomic E-state index is 12.2. The van der Waals surface area contributed by atoms with E-state index in [-0.39, 0.29) is 25.3 Å². The number of hydrazine groups is 1. The van der Waals surface area contributed by atoms with Gasteiger partial charge < -0.3 is 9.32 Å². The molecule has 25 heavy (non-hydrogen) atoms. The largest absolute Gasteiger partial charge is 0.459 e. The van der Waals surface area contributed by atoms with Crippen LogP contribution in [0.15, 0.2) is 22.8 Å². The molecule has 0 aliphatic carbocycles. The van der Waals surface area contributed by atoms with Gasteiger partial charge in [0.15, 0.2) is 5.76 Å². The number of rotatable bonds is 5. The van der Waals surface area contributed by atoms with Crippen molar-refractivity contribution in [1.82, 2.24) is 20.8 Å². The second kappa shape index (κ2) is 7.50. The fourth-order valence-corrected chi connectivity index (χ4v) is 2.62. The first-order valence-corrected chi connectivity index (χ1v) is 8.48. The summed E-state index contributed by atoms with van der Waals surface area (Å²) in [6.07, 6.45) is 1.30. The number of carbonyl (C=O) groups is 3. The molecular weight excluding hydrogens is 360 g/mol. The van der Waals surface area contributed by atoms with E-state index in [2.05, 4.69) is 15.1 Å². The van der Waals surface area contributed by atoms with Crippen LogP contribution in [0.3, 0.4) is 0 Å². The summed E-state index contributed by atoms with van der Waals surface area (Å²) < 4.78 is 39.1. The van der Waals surface area contributed by atoms with Crippen molar-refractivity contribution in [2.75, 3.05) is 13.1 Å². The van der Waals surface area contributed by atoms with E-state index in [1.54, 1.807) is 6.92 Å². The molecule has 3 N–H and O–H groups in total. The fourth-order valence-electron chi connectivity index (χ4n) is 2.25. The molecule has 1 aromatic heterocycles. The quantitative estimate of drug-likeness (QED) is 0.449. The van der Waals surface area contributed by atoms with Gasteiger partial charge in [0, 0.05) is 6.54 Å². The van der Waals surface area contributed by atoms with Gasteiger partial charge in [-0.25, -0.2) is 4.79 Å². The predicted molar refractivity (Wildman–Crippen MR) is 79.8 cm³/mol. The molecule has 1 fully saturated rings. The number of hydrogen-bond donors (Lipinski definition) is 3. The van der Waals surface area contributed by atoms with Crippen LogP contribution < -0.4 is 10.9 Å². The molecule has 2 heterocycles. The minimum absolute atomic E-state index is 0.0115. The van der Waals surface area contributed by atoms with Gasteiger partial charge in [-0.15, -0.1) is 4.28 Å². The van der Waals surface area contributed by atoms with Gasteiger partial charge in [0.25, 0.3) is 5.91 Å². The summed E-state index contributed by atoms with van der Waals surface area (Å²) in [6, 6.07) is 1.02. The Bertz CT molecular complexity index is 747. The third-order valence-corrected chi connectivity index (χ3v) is 3.68. The van der Waals surface area contributed by atoms with Gasteiger partial charge in [-0.1, -0.05) is 0 Å². The molecule has 0 aromatic carbocycles. The molecule has 1 aliphatic rings. The number of hydrogen-bond acceptors (Lipinski definition) is 7. The monoisotopic (exact) mass is 376 g/mol. The van der Waals surface area contributed by atoms with Crippen molar-refractivity contribution in [2.24, 2.45) is 0 Å². The van der Waals surface area contributed by atoms with Crippen LogP contribution in [0.2, 0.25) is 0 Å². The van der Waals surface area contributed by atoms with Crippen LogP contribution in [-0.4, -0.2) is 59.9 Å². The zero-order valence-corrected chi connectivity index (χ0v) is 13.9. The van der Waals surface area contributed by atoms with Gasteiger partial charge >= 0.3 is 22.3 Å². The highest BCUT2D eigenvalue weighted by atomic mass is 32.3. The van der Waals surface area contributed by atoms with E-state index in [0.717, 1.165) is 4.90 Å². The maximum Gasteiger partial charge on any atom is 0.418 e. The Labute approximate surface area is 142 Å². The molecule has 0 spiro atoms. The van der Waals surface area contributed by atoms with Crippen molar-refractivity contribution in [2.45, 2.75) is 19.4 Å². The summed E-state index contributed by atoms with van der Waals surface area (Å²) in [6.45, 7) is 1.38. The standard InChI is InChI=1S/C12H16N4O8S/c1-2-15-8(5-6-16(12(15)19)24-25(20,21)22)10(17)13-14-11(18)9-4-3-7-23-9/h3-4,7-8H,2,5-6H2,1H3,(H,13,17)(H,14,18)(H,20,21,22)/t8-/m0/s1. The van der Waals surface area contributed by atoms with Crippen molar-refractivity contribution in [3.05, 3.63) is 24.2 Å². The number of carbonyl (C=O) groups excluding carboxylic acids is 3. The molecule has 1 atom stereocenters. The van der Waals surface area contributed by atoms with Crippen LogP contribution in [0.4, 0.5) is 4.79 Å². The van der Waals surface area contributed by atoms with Gasteiger partial charge in [-0.05, 0) is 25.5 Å². The zero-order chi connectivity index (χ0) is 18.6. The summed E-state index contributed by atoms with van der Waals surface area (Å²) in [4.78, 5) is 37.1. The van der Waals surface area contributed by atoms with E-state index in [4.69, 9.17) is 8.97 Å². The van der Waals surface area contributed by atoms with E-state index in [9.17, 15) is 22.8 Å². The van der Waals surface area contributed by atoms with E-state index in [1.807, 2.05) is 0 Å². The highest BCUT2D eigenvalue weighted by Gasteiger charge is 2.39. The van der Waals surface area contributed by atoms with Crippen molar-refractivity contribution in [3.63, 3.8) is 0 Å². The Morgan fingerprint density at radius 1 is 1.44 bits per heavy atom. The van der Waals surface area contributed by atoms with E-state index in [1.165, 1.54) is 18.4 Å². The molecule has 0 radical (unpaired) electrons. The molecule has 1 aliphatic heterocycles. The van der Waals surface area contributed by atoms with Crippen LogP contribution >= 0.6 is 0 Å². The van der Waals surface area contributed by atoms with E-state index < -0.39 is 34.3 Å². The highest BCUT2D eigenvalue weighted by molar-refractivity contribution is 7.80. The Hall–Kier alpha value is -2.64. The second-order valence-corrected chi connectivity index (χ2v) is 5.90. The van der Waals surface area contributed by atoms with Crippen LogP contribution in [0, 0.1) is 0 Å². The molecule has 12 nitrogen and oxygen atoms in total. The molecule has 1 aromatic rings. The summed E-state index contributed by atoms with van der Waals surface area (Å²) >= 11 is 0. The molecule has 0 bridgehead atoms. The van der Waals surface area contributed by atoms with E-state index >= 15 is 0 Å². The number of nitrogens with zero attached hydrogens (tertiary/aromatic N) is 2. The first-order valence-electron chi connectivity index (χ1n) is 7.11. The lowest BCUT2D eigenvalue weighted by molar-refractivity contribution is -0.130. The molecule has 1 saturated heterocycles. The Balaban J connectivity index is 1.98. The zero-order valence-electron chi connectivity index (χ0n) is 13.0. The Morgan fingerprint density at radius 3 is 2.72 bits per heavy atom. The Kier molecular flexibility index (Phi) is 5.61. The average Bonchev–Trinajstić information content (AvgIpc) is 3.07. The van der Waals surface area contributed by atoms with Gasteiger partial charge in [-0.2, -0.15) is 13.5 Å². The lowest BCUT2D eigenvalue weighted by Crippen LogP contribution is -2.60. The lowest BCUT2D eigenvalue weighted by Gasteiger charge is -2.38. The second-order valence-electron chi connectivity index (χ2n) is 4.90. The third-order valence-electron chi connectivity index (χ3n) is 3.31. The number of amides is 4. The minimum Gasteiger partial charge on any atom is -0.459 e. The number of urea groups is 1. The molecule has 0 unspecified atom stereocenters. The Morgan fingerprint density at radius 2 is 2.16 bits per heavy atom. The van der Waals surface area contributed by atoms with Crippen molar-refractivity contribution >= 4 is 28.2 Å². The van der Waals surface area contributed by atoms with Crippen molar-refractivity contribution < 1.29 is 36.1 Å². The van der Waals surface area contributed by atoms with Gasteiger partial charge in [0.2, 0.25) is 0 Å². The molecule has 0 saturated carbocycles. The van der Waals surface area contributed by atoms with E-state index in [0.29, 0.717) is 5.06 Å². The number of nitrogens with one attached hydrogen (secondary N) is 2. The predicted octanol–water partition coefficient (Wildman–Crippen LogP) is -0.709. The SMILES string of the molecule is CCN1C(=O)N(OS(=O)(=O)O)CC[C@H]1C(=O)NNC(=O)c1ccco1. The molecule has 138 valence electrons. The summed E-state index contributed by atoms with van der Waals surface area (Å²) in [5.74, 6) is -1.37. The summed E-state index contributed by atoms with van der Waals surface area (Å²) in [7, 11) is -4.86. The van der Waals surface area contributed by atoms with Gasteiger partial charge in [-0.3, -0.25) is 25.0 Å². The van der Waals surface area contributed by atoms with Crippen LogP contribution in [-0.2, 0) is 19.5 Å². The molecule has 13 heteroatoms. The fraction of sp³-hybridized carbons (Fsp3) is 0.417. The topological polar surface area (TPSA) is 158 Å². The first-order chi connectivity index (χ1) is 11.7.